The van der Waals surface area contributed by atoms with Gasteiger partial charge in [0.1, 0.15) is 11.5 Å². The predicted octanol–water partition coefficient (Wildman–Crippen LogP) is 3.32. The van der Waals surface area contributed by atoms with Crippen molar-refractivity contribution in [3.8, 4) is 11.5 Å². The Morgan fingerprint density at radius 2 is 1.23 bits per heavy atom. The number of hydrogen-bond donors (Lipinski definition) is 2. The van der Waals surface area contributed by atoms with Crippen LogP contribution in [0.15, 0.2) is 71.8 Å². The van der Waals surface area contributed by atoms with Crippen LogP contribution in [-0.2, 0) is 9.59 Å². The van der Waals surface area contributed by atoms with Crippen LogP contribution in [0.3, 0.4) is 0 Å². The lowest BCUT2D eigenvalue weighted by atomic mass is 9.55. The monoisotopic (exact) mass is 410 g/mol. The molecule has 6 nitrogen and oxygen atoms in total. The van der Waals surface area contributed by atoms with Crippen LogP contribution < -0.4 is 0 Å². The number of phenols is 2. The van der Waals surface area contributed by atoms with Gasteiger partial charge in [0.15, 0.2) is 0 Å². The fourth-order valence-corrected chi connectivity index (χ4v) is 5.54. The normalized spacial score (nSPS) is 25.6. The molecular formula is C25H18N2O4. The van der Waals surface area contributed by atoms with Gasteiger partial charge in [-0.05, 0) is 34.4 Å². The van der Waals surface area contributed by atoms with Gasteiger partial charge in [0, 0.05) is 23.5 Å². The first-order chi connectivity index (χ1) is 15.1. The first-order valence-electron chi connectivity index (χ1n) is 10.2. The van der Waals surface area contributed by atoms with Crippen LogP contribution in [0.1, 0.15) is 39.7 Å². The molecule has 1 aliphatic heterocycles. The van der Waals surface area contributed by atoms with E-state index < -0.39 is 11.8 Å². The molecule has 3 aromatic rings. The summed E-state index contributed by atoms with van der Waals surface area (Å²) in [5, 5.41) is 24.6. The molecule has 1 saturated heterocycles. The number of amides is 2. The van der Waals surface area contributed by atoms with Crippen molar-refractivity contribution in [3.05, 3.63) is 94.5 Å². The lowest BCUT2D eigenvalue weighted by Crippen LogP contribution is -2.41. The van der Waals surface area contributed by atoms with Crippen molar-refractivity contribution in [2.75, 3.05) is 0 Å². The fraction of sp³-hybridized carbons (Fsp3) is 0.160. The summed E-state index contributed by atoms with van der Waals surface area (Å²) >= 11 is 0. The van der Waals surface area contributed by atoms with Gasteiger partial charge in [0.05, 0.1) is 18.1 Å². The summed E-state index contributed by atoms with van der Waals surface area (Å²) in [6.45, 7) is 0. The first kappa shape index (κ1) is 17.9. The zero-order valence-electron chi connectivity index (χ0n) is 16.3. The maximum atomic E-state index is 13.4. The highest BCUT2D eigenvalue weighted by Gasteiger charge is 2.61. The molecule has 2 N–H and O–H groups in total. The minimum atomic E-state index is -0.493. The molecule has 6 heteroatoms. The molecule has 3 aromatic carbocycles. The molecule has 31 heavy (non-hydrogen) atoms. The van der Waals surface area contributed by atoms with Crippen molar-refractivity contribution in [1.29, 1.82) is 0 Å². The Balaban J connectivity index is 1.45. The van der Waals surface area contributed by atoms with Gasteiger partial charge in [-0.2, -0.15) is 10.1 Å². The molecule has 2 unspecified atom stereocenters. The average Bonchev–Trinajstić information content (AvgIpc) is 3.04. The number of benzene rings is 3. The predicted molar refractivity (Wildman–Crippen MR) is 113 cm³/mol. The third-order valence-corrected chi connectivity index (χ3v) is 6.75. The smallest absolute Gasteiger partial charge is 0.254 e. The minimum absolute atomic E-state index is 0.0823. The number of aromatic hydroxyl groups is 2. The molecule has 2 amide bonds. The van der Waals surface area contributed by atoms with Crippen molar-refractivity contribution in [2.45, 2.75) is 11.8 Å². The lowest BCUT2D eigenvalue weighted by Gasteiger charge is -2.45. The number of nitrogens with zero attached hydrogens (tertiary/aromatic N) is 2. The number of rotatable bonds is 2. The Kier molecular flexibility index (Phi) is 3.63. The molecule has 0 saturated carbocycles. The minimum Gasteiger partial charge on any atom is -0.508 e. The number of carbonyl (C=O) groups is 2. The first-order valence-corrected chi connectivity index (χ1v) is 10.2. The van der Waals surface area contributed by atoms with Crippen molar-refractivity contribution in [3.63, 3.8) is 0 Å². The largest absolute Gasteiger partial charge is 0.508 e. The van der Waals surface area contributed by atoms with E-state index in [0.29, 0.717) is 5.56 Å². The van der Waals surface area contributed by atoms with E-state index in [1.807, 2.05) is 24.3 Å². The highest BCUT2D eigenvalue weighted by molar-refractivity contribution is 6.08. The number of hydrazone groups is 1. The summed E-state index contributed by atoms with van der Waals surface area (Å²) < 4.78 is 0. The Bertz CT molecular complexity index is 1180. The van der Waals surface area contributed by atoms with E-state index in [1.165, 1.54) is 24.4 Å². The van der Waals surface area contributed by atoms with Gasteiger partial charge in [0.25, 0.3) is 11.8 Å². The van der Waals surface area contributed by atoms with E-state index in [-0.39, 0.29) is 35.1 Å². The molecule has 1 heterocycles. The number of carbonyl (C=O) groups excluding carboxylic acids is 2. The van der Waals surface area contributed by atoms with E-state index in [0.717, 1.165) is 27.3 Å². The molecule has 2 atom stereocenters. The van der Waals surface area contributed by atoms with Gasteiger partial charge in [-0.25, -0.2) is 0 Å². The molecule has 0 radical (unpaired) electrons. The zero-order chi connectivity index (χ0) is 21.3. The third-order valence-electron chi connectivity index (χ3n) is 6.75. The molecule has 7 rings (SSSR count). The molecule has 3 aliphatic carbocycles. The zero-order valence-corrected chi connectivity index (χ0v) is 16.3. The summed E-state index contributed by atoms with van der Waals surface area (Å²) in [6.07, 6.45) is 1.28. The molecule has 1 fully saturated rings. The van der Waals surface area contributed by atoms with E-state index in [2.05, 4.69) is 29.4 Å². The molecular weight excluding hydrogens is 392 g/mol. The van der Waals surface area contributed by atoms with Crippen LogP contribution >= 0.6 is 0 Å². The van der Waals surface area contributed by atoms with E-state index >= 15 is 0 Å². The van der Waals surface area contributed by atoms with Crippen LogP contribution in [0.4, 0.5) is 0 Å². The van der Waals surface area contributed by atoms with Gasteiger partial charge < -0.3 is 10.2 Å². The molecule has 0 spiro atoms. The summed E-state index contributed by atoms with van der Waals surface area (Å²) in [5.74, 6) is -2.24. The standard InChI is InChI=1S/C25H18N2O4/c28-14-10-9-13(19(29)11-14)12-26-27-24(30)22-20-15-5-1-2-6-16(15)21(23(22)25(27)31)18-8-4-3-7-17(18)20/h1-12,20-23,28-29H/b26-12+. The highest BCUT2D eigenvalue weighted by Crippen LogP contribution is 2.60. The summed E-state index contributed by atoms with van der Waals surface area (Å²) in [6, 6.07) is 20.2. The maximum absolute atomic E-state index is 13.4. The second-order valence-electron chi connectivity index (χ2n) is 8.24. The van der Waals surface area contributed by atoms with Gasteiger partial charge >= 0.3 is 0 Å². The molecule has 2 bridgehead atoms. The van der Waals surface area contributed by atoms with Crippen LogP contribution in [-0.4, -0.2) is 33.3 Å². The maximum Gasteiger partial charge on any atom is 0.254 e. The van der Waals surface area contributed by atoms with Gasteiger partial charge in [0.2, 0.25) is 0 Å². The van der Waals surface area contributed by atoms with E-state index in [4.69, 9.17) is 0 Å². The van der Waals surface area contributed by atoms with Gasteiger partial charge in [-0.3, -0.25) is 9.59 Å². The topological polar surface area (TPSA) is 90.2 Å². The molecule has 0 aromatic heterocycles. The Morgan fingerprint density at radius 3 is 1.68 bits per heavy atom. The Hall–Kier alpha value is -3.93. The number of phenolic OH excluding ortho intramolecular Hbond substituents is 2. The Labute approximate surface area is 178 Å². The van der Waals surface area contributed by atoms with Crippen molar-refractivity contribution in [1.82, 2.24) is 5.01 Å². The van der Waals surface area contributed by atoms with Gasteiger partial charge in [-0.15, -0.1) is 0 Å². The summed E-state index contributed by atoms with van der Waals surface area (Å²) in [5.41, 5.74) is 4.74. The van der Waals surface area contributed by atoms with E-state index in [1.54, 1.807) is 0 Å². The van der Waals surface area contributed by atoms with Gasteiger partial charge in [-0.1, -0.05) is 48.5 Å². The van der Waals surface area contributed by atoms with Crippen LogP contribution in [0.5, 0.6) is 11.5 Å². The quantitative estimate of drug-likeness (QED) is 0.501. The highest BCUT2D eigenvalue weighted by atomic mass is 16.3. The van der Waals surface area contributed by atoms with Crippen LogP contribution in [0.25, 0.3) is 0 Å². The van der Waals surface area contributed by atoms with Crippen molar-refractivity contribution < 1.29 is 19.8 Å². The summed E-state index contributed by atoms with van der Waals surface area (Å²) in [7, 11) is 0. The van der Waals surface area contributed by atoms with Crippen LogP contribution in [0, 0.1) is 11.8 Å². The van der Waals surface area contributed by atoms with E-state index in [9.17, 15) is 19.8 Å². The lowest BCUT2D eigenvalue weighted by molar-refractivity contribution is -0.139. The second kappa shape index (κ2) is 6.28. The summed E-state index contributed by atoms with van der Waals surface area (Å²) in [4.78, 5) is 26.8. The fourth-order valence-electron chi connectivity index (χ4n) is 5.54. The third kappa shape index (κ3) is 2.36. The number of hydrogen-bond acceptors (Lipinski definition) is 5. The average molecular weight is 410 g/mol. The Morgan fingerprint density at radius 1 is 0.742 bits per heavy atom. The SMILES string of the molecule is O=C1C2C3c4ccccc4C(c4ccccc43)C2C(=O)N1/N=C/c1ccc(O)cc1O. The van der Waals surface area contributed by atoms with Crippen LogP contribution in [0.2, 0.25) is 0 Å². The van der Waals surface area contributed by atoms with Crippen molar-refractivity contribution in [2.24, 2.45) is 16.9 Å². The molecule has 4 aliphatic rings. The van der Waals surface area contributed by atoms with Crippen molar-refractivity contribution >= 4 is 18.0 Å². The molecule has 152 valence electrons. The second-order valence-corrected chi connectivity index (χ2v) is 8.24. The number of imide groups is 1.